The van der Waals surface area contributed by atoms with Gasteiger partial charge in [0.2, 0.25) is 0 Å². The van der Waals surface area contributed by atoms with Crippen LogP contribution in [0.3, 0.4) is 0 Å². The molecule has 14 heavy (non-hydrogen) atoms. The maximum Gasteiger partial charge on any atom is 0.0931 e. The fourth-order valence-corrected chi connectivity index (χ4v) is 3.35. The fraction of sp³-hybridized carbons (Fsp3) is 0.600. The standard InChI is InChI=1S/C10H15ClN2S/c1-13-10(6-4-7(12)5-6)8-2-3-9(11)14-8/h2-3,6-7,10,13H,4-5,12H2,1H3. The molecule has 0 saturated heterocycles. The Hall–Kier alpha value is -0.0900. The van der Waals surface area contributed by atoms with Crippen LogP contribution < -0.4 is 11.1 Å². The lowest BCUT2D eigenvalue weighted by Crippen LogP contribution is -2.42. The zero-order valence-corrected chi connectivity index (χ0v) is 9.74. The minimum absolute atomic E-state index is 0.409. The van der Waals surface area contributed by atoms with Gasteiger partial charge in [0.25, 0.3) is 0 Å². The molecule has 1 atom stereocenters. The molecule has 1 saturated carbocycles. The molecular formula is C10H15ClN2S. The van der Waals surface area contributed by atoms with Gasteiger partial charge in [-0.2, -0.15) is 0 Å². The summed E-state index contributed by atoms with van der Waals surface area (Å²) >= 11 is 7.58. The quantitative estimate of drug-likeness (QED) is 0.837. The molecule has 4 heteroatoms. The maximum atomic E-state index is 5.92. The van der Waals surface area contributed by atoms with Crippen molar-refractivity contribution >= 4 is 22.9 Å². The van der Waals surface area contributed by atoms with E-state index in [9.17, 15) is 0 Å². The number of thiophene rings is 1. The third-order valence-corrected chi connectivity index (χ3v) is 4.21. The van der Waals surface area contributed by atoms with Gasteiger partial charge in [0.1, 0.15) is 0 Å². The van der Waals surface area contributed by atoms with Gasteiger partial charge in [-0.1, -0.05) is 11.6 Å². The molecule has 2 nitrogen and oxygen atoms in total. The Kier molecular flexibility index (Phi) is 3.12. The summed E-state index contributed by atoms with van der Waals surface area (Å²) in [6.07, 6.45) is 2.25. The van der Waals surface area contributed by atoms with Gasteiger partial charge in [0.05, 0.1) is 4.34 Å². The largest absolute Gasteiger partial charge is 0.328 e. The van der Waals surface area contributed by atoms with E-state index in [4.69, 9.17) is 17.3 Å². The van der Waals surface area contributed by atoms with Gasteiger partial charge in [0, 0.05) is 17.0 Å². The molecule has 1 fully saturated rings. The normalized spacial score (nSPS) is 28.5. The van der Waals surface area contributed by atoms with Gasteiger partial charge >= 0.3 is 0 Å². The fourth-order valence-electron chi connectivity index (χ4n) is 2.09. The minimum Gasteiger partial charge on any atom is -0.328 e. The van der Waals surface area contributed by atoms with E-state index >= 15 is 0 Å². The summed E-state index contributed by atoms with van der Waals surface area (Å²) in [4.78, 5) is 1.33. The monoisotopic (exact) mass is 230 g/mol. The molecule has 0 bridgehead atoms. The van der Waals surface area contributed by atoms with Crippen molar-refractivity contribution in [3.05, 3.63) is 21.3 Å². The van der Waals surface area contributed by atoms with Crippen molar-refractivity contribution < 1.29 is 0 Å². The summed E-state index contributed by atoms with van der Waals surface area (Å²) in [5.41, 5.74) is 5.79. The highest BCUT2D eigenvalue weighted by Gasteiger charge is 2.33. The Morgan fingerprint density at radius 2 is 2.29 bits per heavy atom. The van der Waals surface area contributed by atoms with Crippen molar-refractivity contribution in [3.63, 3.8) is 0 Å². The molecule has 1 aromatic rings. The zero-order valence-electron chi connectivity index (χ0n) is 8.16. The van der Waals surface area contributed by atoms with Crippen LogP contribution in [0.4, 0.5) is 0 Å². The summed E-state index contributed by atoms with van der Waals surface area (Å²) in [7, 11) is 2.00. The molecule has 1 unspecified atom stereocenters. The number of nitrogens with one attached hydrogen (secondary N) is 1. The van der Waals surface area contributed by atoms with Crippen LogP contribution in [0.15, 0.2) is 12.1 Å². The van der Waals surface area contributed by atoms with Crippen LogP contribution in [0, 0.1) is 5.92 Å². The predicted molar refractivity (Wildman–Crippen MR) is 61.8 cm³/mol. The first kappa shape index (κ1) is 10.4. The smallest absolute Gasteiger partial charge is 0.0931 e. The summed E-state index contributed by atoms with van der Waals surface area (Å²) in [5, 5.41) is 3.35. The molecule has 1 aliphatic carbocycles. The van der Waals surface area contributed by atoms with Crippen molar-refractivity contribution in [2.24, 2.45) is 11.7 Å². The van der Waals surface area contributed by atoms with Crippen LogP contribution >= 0.6 is 22.9 Å². The van der Waals surface area contributed by atoms with Crippen LogP contribution in [0.5, 0.6) is 0 Å². The molecule has 0 spiro atoms. The molecule has 0 radical (unpaired) electrons. The molecule has 1 heterocycles. The Labute approximate surface area is 93.4 Å². The van der Waals surface area contributed by atoms with Crippen molar-refractivity contribution in [2.75, 3.05) is 7.05 Å². The highest BCUT2D eigenvalue weighted by molar-refractivity contribution is 7.16. The number of hydrogen-bond donors (Lipinski definition) is 2. The number of rotatable bonds is 3. The maximum absolute atomic E-state index is 5.92. The number of nitrogens with two attached hydrogens (primary N) is 1. The van der Waals surface area contributed by atoms with E-state index in [1.54, 1.807) is 11.3 Å². The molecule has 0 aliphatic heterocycles. The van der Waals surface area contributed by atoms with Gasteiger partial charge in [-0.15, -0.1) is 11.3 Å². The van der Waals surface area contributed by atoms with E-state index in [-0.39, 0.29) is 0 Å². The SMILES string of the molecule is CNC(c1ccc(Cl)s1)C1CC(N)C1. The third kappa shape index (κ3) is 1.96. The Balaban J connectivity index is 2.06. The van der Waals surface area contributed by atoms with E-state index in [0.29, 0.717) is 18.0 Å². The van der Waals surface area contributed by atoms with E-state index < -0.39 is 0 Å². The second-order valence-corrected chi connectivity index (χ2v) is 5.65. The summed E-state index contributed by atoms with van der Waals surface area (Å²) in [6, 6.07) is 4.92. The van der Waals surface area contributed by atoms with E-state index in [1.807, 2.05) is 13.1 Å². The predicted octanol–water partition coefficient (Wildman–Crippen LogP) is 2.40. The lowest BCUT2D eigenvalue weighted by Gasteiger charge is -2.38. The van der Waals surface area contributed by atoms with Crippen molar-refractivity contribution in [1.82, 2.24) is 5.32 Å². The average molecular weight is 231 g/mol. The van der Waals surface area contributed by atoms with Gasteiger partial charge in [-0.05, 0) is 37.9 Å². The molecule has 1 aromatic heterocycles. The lowest BCUT2D eigenvalue weighted by atomic mass is 9.75. The second kappa shape index (κ2) is 4.19. The topological polar surface area (TPSA) is 38.0 Å². The zero-order chi connectivity index (χ0) is 10.1. The summed E-state index contributed by atoms with van der Waals surface area (Å²) < 4.78 is 0.865. The summed E-state index contributed by atoms with van der Waals surface area (Å²) in [6.45, 7) is 0. The third-order valence-electron chi connectivity index (χ3n) is 2.89. The number of hydrogen-bond acceptors (Lipinski definition) is 3. The molecule has 2 rings (SSSR count). The highest BCUT2D eigenvalue weighted by Crippen LogP contribution is 2.39. The van der Waals surface area contributed by atoms with Crippen LogP contribution in [-0.4, -0.2) is 13.1 Å². The molecular weight excluding hydrogens is 216 g/mol. The van der Waals surface area contributed by atoms with Gasteiger partial charge in [0.15, 0.2) is 0 Å². The first-order chi connectivity index (χ1) is 6.70. The van der Waals surface area contributed by atoms with Crippen molar-refractivity contribution in [2.45, 2.75) is 24.9 Å². The molecule has 3 N–H and O–H groups in total. The van der Waals surface area contributed by atoms with Crippen LogP contribution in [0.2, 0.25) is 4.34 Å². The molecule has 0 amide bonds. The molecule has 1 aliphatic rings. The van der Waals surface area contributed by atoms with E-state index in [0.717, 1.165) is 17.2 Å². The first-order valence-corrected chi connectivity index (χ1v) is 6.08. The highest BCUT2D eigenvalue weighted by atomic mass is 35.5. The summed E-state index contributed by atoms with van der Waals surface area (Å²) in [5.74, 6) is 0.685. The van der Waals surface area contributed by atoms with E-state index in [1.165, 1.54) is 4.88 Å². The Morgan fingerprint density at radius 1 is 1.57 bits per heavy atom. The van der Waals surface area contributed by atoms with Crippen molar-refractivity contribution in [1.29, 1.82) is 0 Å². The first-order valence-electron chi connectivity index (χ1n) is 4.88. The van der Waals surface area contributed by atoms with Gasteiger partial charge < -0.3 is 11.1 Å². The molecule has 0 aromatic carbocycles. The van der Waals surface area contributed by atoms with Crippen LogP contribution in [0.1, 0.15) is 23.8 Å². The van der Waals surface area contributed by atoms with Gasteiger partial charge in [-0.3, -0.25) is 0 Å². The van der Waals surface area contributed by atoms with Gasteiger partial charge in [-0.25, -0.2) is 0 Å². The Bertz CT molecular complexity index is 307. The Morgan fingerprint density at radius 3 is 2.71 bits per heavy atom. The lowest BCUT2D eigenvalue weighted by molar-refractivity contribution is 0.206. The minimum atomic E-state index is 0.409. The van der Waals surface area contributed by atoms with E-state index in [2.05, 4.69) is 11.4 Å². The van der Waals surface area contributed by atoms with Crippen LogP contribution in [-0.2, 0) is 0 Å². The van der Waals surface area contributed by atoms with Crippen LogP contribution in [0.25, 0.3) is 0 Å². The number of halogens is 1. The van der Waals surface area contributed by atoms with Crippen molar-refractivity contribution in [3.8, 4) is 0 Å². The average Bonchev–Trinajstić information content (AvgIpc) is 2.50. The second-order valence-electron chi connectivity index (χ2n) is 3.90. The molecule has 78 valence electrons.